The molecule has 148 valence electrons. The lowest BCUT2D eigenvalue weighted by Gasteiger charge is -2.20. The van der Waals surface area contributed by atoms with Crippen molar-refractivity contribution in [3.05, 3.63) is 48.0 Å². The Hall–Kier alpha value is -3.22. The fourth-order valence-electron chi connectivity index (χ4n) is 3.15. The first-order chi connectivity index (χ1) is 13.5. The SMILES string of the molecule is COC(=O)c1ccc(OCC2CC(=O)N(c3ccc(OC)cc3OC)C2)cc1. The van der Waals surface area contributed by atoms with Crippen LogP contribution >= 0.6 is 0 Å². The maximum absolute atomic E-state index is 12.5. The minimum atomic E-state index is -0.392. The summed E-state index contributed by atoms with van der Waals surface area (Å²) in [6, 6.07) is 12.1. The Morgan fingerprint density at radius 1 is 1.04 bits per heavy atom. The number of carbonyl (C=O) groups excluding carboxylic acids is 2. The predicted molar refractivity (Wildman–Crippen MR) is 103 cm³/mol. The maximum atomic E-state index is 12.5. The van der Waals surface area contributed by atoms with Crippen LogP contribution in [0.25, 0.3) is 0 Å². The average molecular weight is 385 g/mol. The van der Waals surface area contributed by atoms with Gasteiger partial charge in [0.1, 0.15) is 17.2 Å². The summed E-state index contributed by atoms with van der Waals surface area (Å²) in [5.41, 5.74) is 1.18. The van der Waals surface area contributed by atoms with E-state index in [1.54, 1.807) is 55.5 Å². The van der Waals surface area contributed by atoms with E-state index in [0.717, 1.165) is 5.69 Å². The first-order valence-corrected chi connectivity index (χ1v) is 8.89. The molecule has 28 heavy (non-hydrogen) atoms. The second kappa shape index (κ2) is 8.65. The van der Waals surface area contributed by atoms with Gasteiger partial charge in [-0.05, 0) is 36.4 Å². The first kappa shape index (κ1) is 19.5. The molecule has 2 aromatic rings. The average Bonchev–Trinajstić information content (AvgIpc) is 3.11. The van der Waals surface area contributed by atoms with Crippen molar-refractivity contribution in [2.24, 2.45) is 5.92 Å². The van der Waals surface area contributed by atoms with Crippen molar-refractivity contribution in [3.8, 4) is 17.2 Å². The van der Waals surface area contributed by atoms with Crippen LogP contribution in [0, 0.1) is 5.92 Å². The van der Waals surface area contributed by atoms with Crippen molar-refractivity contribution in [3.63, 3.8) is 0 Å². The molecule has 1 saturated heterocycles. The third-order valence-corrected chi connectivity index (χ3v) is 4.64. The van der Waals surface area contributed by atoms with Gasteiger partial charge >= 0.3 is 5.97 Å². The number of anilines is 1. The van der Waals surface area contributed by atoms with Crippen molar-refractivity contribution in [2.75, 3.05) is 39.4 Å². The number of nitrogens with zero attached hydrogens (tertiary/aromatic N) is 1. The van der Waals surface area contributed by atoms with Crippen molar-refractivity contribution in [2.45, 2.75) is 6.42 Å². The molecular weight excluding hydrogens is 362 g/mol. The fraction of sp³-hybridized carbons (Fsp3) is 0.333. The molecule has 1 unspecified atom stereocenters. The molecule has 3 rings (SSSR count). The molecule has 1 aliphatic heterocycles. The van der Waals surface area contributed by atoms with Crippen molar-refractivity contribution < 1.29 is 28.5 Å². The topological polar surface area (TPSA) is 74.3 Å². The second-order valence-electron chi connectivity index (χ2n) is 6.44. The molecule has 0 saturated carbocycles. The van der Waals surface area contributed by atoms with Gasteiger partial charge in [-0.3, -0.25) is 4.79 Å². The van der Waals surface area contributed by atoms with E-state index in [1.165, 1.54) is 7.11 Å². The number of hydrogen-bond acceptors (Lipinski definition) is 6. The lowest BCUT2D eigenvalue weighted by Crippen LogP contribution is -2.25. The zero-order valence-corrected chi connectivity index (χ0v) is 16.1. The number of carbonyl (C=O) groups is 2. The number of benzene rings is 2. The molecule has 0 bridgehead atoms. The molecule has 2 aromatic carbocycles. The molecule has 1 atom stereocenters. The molecule has 1 aliphatic rings. The van der Waals surface area contributed by atoms with Crippen LogP contribution in [0.3, 0.4) is 0 Å². The lowest BCUT2D eigenvalue weighted by molar-refractivity contribution is -0.117. The van der Waals surface area contributed by atoms with Crippen LogP contribution in [0.5, 0.6) is 17.2 Å². The van der Waals surface area contributed by atoms with E-state index in [4.69, 9.17) is 14.2 Å². The van der Waals surface area contributed by atoms with Gasteiger partial charge < -0.3 is 23.8 Å². The van der Waals surface area contributed by atoms with Gasteiger partial charge in [-0.2, -0.15) is 0 Å². The van der Waals surface area contributed by atoms with Gasteiger partial charge in [0.2, 0.25) is 5.91 Å². The quantitative estimate of drug-likeness (QED) is 0.683. The Labute approximate surface area is 163 Å². The molecule has 0 N–H and O–H groups in total. The van der Waals surface area contributed by atoms with Gasteiger partial charge in [0.25, 0.3) is 0 Å². The minimum absolute atomic E-state index is 0.0260. The van der Waals surface area contributed by atoms with Crippen molar-refractivity contribution >= 4 is 17.6 Å². The third-order valence-electron chi connectivity index (χ3n) is 4.64. The lowest BCUT2D eigenvalue weighted by atomic mass is 10.1. The van der Waals surface area contributed by atoms with Gasteiger partial charge in [0.15, 0.2) is 0 Å². The monoisotopic (exact) mass is 385 g/mol. The third kappa shape index (κ3) is 4.19. The molecule has 1 fully saturated rings. The standard InChI is InChI=1S/C21H23NO6/c1-25-17-8-9-18(19(11-17)26-2)22-12-14(10-20(22)23)13-28-16-6-4-15(5-7-16)21(24)27-3/h4-9,11,14H,10,12-13H2,1-3H3. The molecule has 7 nitrogen and oxygen atoms in total. The molecule has 1 amide bonds. The summed E-state index contributed by atoms with van der Waals surface area (Å²) in [6.07, 6.45) is 0.398. The van der Waals surface area contributed by atoms with E-state index in [1.807, 2.05) is 6.07 Å². The number of esters is 1. The number of ether oxygens (including phenoxy) is 4. The summed E-state index contributed by atoms with van der Waals surface area (Å²) in [5.74, 6) is 1.59. The van der Waals surface area contributed by atoms with E-state index in [2.05, 4.69) is 4.74 Å². The molecular formula is C21H23NO6. The van der Waals surface area contributed by atoms with Crippen LogP contribution in [-0.4, -0.2) is 46.4 Å². The highest BCUT2D eigenvalue weighted by atomic mass is 16.5. The van der Waals surface area contributed by atoms with Crippen LogP contribution in [0.4, 0.5) is 5.69 Å². The maximum Gasteiger partial charge on any atom is 0.337 e. The summed E-state index contributed by atoms with van der Waals surface area (Å²) >= 11 is 0. The highest BCUT2D eigenvalue weighted by molar-refractivity contribution is 5.97. The number of rotatable bonds is 7. The summed E-state index contributed by atoms with van der Waals surface area (Å²) in [4.78, 5) is 25.7. The van der Waals surface area contributed by atoms with Crippen molar-refractivity contribution in [1.82, 2.24) is 0 Å². The first-order valence-electron chi connectivity index (χ1n) is 8.89. The van der Waals surface area contributed by atoms with Gasteiger partial charge in [-0.25, -0.2) is 4.79 Å². The van der Waals surface area contributed by atoms with E-state index >= 15 is 0 Å². The highest BCUT2D eigenvalue weighted by Crippen LogP contribution is 2.35. The van der Waals surface area contributed by atoms with E-state index in [-0.39, 0.29) is 11.8 Å². The van der Waals surface area contributed by atoms with E-state index in [9.17, 15) is 9.59 Å². The van der Waals surface area contributed by atoms with Gasteiger partial charge in [0.05, 0.1) is 39.2 Å². The summed E-state index contributed by atoms with van der Waals surface area (Å²) < 4.78 is 21.1. The van der Waals surface area contributed by atoms with Gasteiger partial charge in [0, 0.05) is 24.9 Å². The zero-order chi connectivity index (χ0) is 20.1. The Morgan fingerprint density at radius 2 is 1.75 bits per heavy atom. The highest BCUT2D eigenvalue weighted by Gasteiger charge is 2.32. The van der Waals surface area contributed by atoms with Crippen molar-refractivity contribution in [1.29, 1.82) is 0 Å². The smallest absolute Gasteiger partial charge is 0.337 e. The van der Waals surface area contributed by atoms with E-state index in [0.29, 0.717) is 42.4 Å². The van der Waals surface area contributed by atoms with Gasteiger partial charge in [-0.1, -0.05) is 0 Å². The minimum Gasteiger partial charge on any atom is -0.497 e. The van der Waals surface area contributed by atoms with Crippen LogP contribution in [-0.2, 0) is 9.53 Å². The van der Waals surface area contributed by atoms with E-state index < -0.39 is 5.97 Å². The molecule has 0 spiro atoms. The molecule has 0 radical (unpaired) electrons. The Morgan fingerprint density at radius 3 is 2.39 bits per heavy atom. The number of amides is 1. The van der Waals surface area contributed by atoms with Crippen LogP contribution in [0.2, 0.25) is 0 Å². The summed E-state index contributed by atoms with van der Waals surface area (Å²) in [7, 11) is 4.49. The fourth-order valence-corrected chi connectivity index (χ4v) is 3.15. The molecule has 0 aromatic heterocycles. The Bertz CT molecular complexity index is 848. The van der Waals surface area contributed by atoms with Crippen LogP contribution in [0.15, 0.2) is 42.5 Å². The second-order valence-corrected chi connectivity index (χ2v) is 6.44. The predicted octanol–water partition coefficient (Wildman–Crippen LogP) is 2.92. The number of methoxy groups -OCH3 is 3. The molecule has 1 heterocycles. The largest absolute Gasteiger partial charge is 0.497 e. The summed E-state index contributed by atoms with van der Waals surface area (Å²) in [6.45, 7) is 0.944. The normalized spacial score (nSPS) is 16.0. The summed E-state index contributed by atoms with van der Waals surface area (Å²) in [5, 5.41) is 0. The van der Waals surface area contributed by atoms with Crippen LogP contribution < -0.4 is 19.1 Å². The number of hydrogen-bond donors (Lipinski definition) is 0. The Balaban J connectivity index is 1.63. The zero-order valence-electron chi connectivity index (χ0n) is 16.1. The molecule has 0 aliphatic carbocycles. The van der Waals surface area contributed by atoms with Gasteiger partial charge in [-0.15, -0.1) is 0 Å². The molecule has 7 heteroatoms. The van der Waals surface area contributed by atoms with Crippen LogP contribution in [0.1, 0.15) is 16.8 Å². The Kier molecular flexibility index (Phi) is 6.03.